The maximum atomic E-state index is 12.0. The van der Waals surface area contributed by atoms with E-state index in [0.29, 0.717) is 25.5 Å². The Hall–Kier alpha value is -0.930. The highest BCUT2D eigenvalue weighted by atomic mass is 127. The number of halogens is 2. The van der Waals surface area contributed by atoms with E-state index in [-0.39, 0.29) is 30.7 Å². The highest BCUT2D eigenvalue weighted by Gasteiger charge is 2.11. The summed E-state index contributed by atoms with van der Waals surface area (Å²) in [6, 6.07) is 10.1. The zero-order valence-electron chi connectivity index (χ0n) is 12.4. The van der Waals surface area contributed by atoms with Gasteiger partial charge >= 0.3 is 0 Å². The lowest BCUT2D eigenvalue weighted by molar-refractivity contribution is 0.184. The molecular formula is C15H21FIN3OS. The molecule has 4 nitrogen and oxygen atoms in total. The van der Waals surface area contributed by atoms with E-state index < -0.39 is 6.10 Å². The molecule has 0 saturated carbocycles. The summed E-state index contributed by atoms with van der Waals surface area (Å²) in [6.07, 6.45) is -0.151. The highest BCUT2D eigenvalue weighted by molar-refractivity contribution is 14.0. The van der Waals surface area contributed by atoms with Crippen LogP contribution in [-0.2, 0) is 0 Å². The molecule has 122 valence electrons. The van der Waals surface area contributed by atoms with Crippen LogP contribution in [0, 0.1) is 0 Å². The van der Waals surface area contributed by atoms with Crippen molar-refractivity contribution in [2.75, 3.05) is 26.8 Å². The van der Waals surface area contributed by atoms with E-state index >= 15 is 0 Å². The summed E-state index contributed by atoms with van der Waals surface area (Å²) in [5.74, 6) is 0.573. The van der Waals surface area contributed by atoms with Crippen LogP contribution in [0.15, 0.2) is 35.3 Å². The predicted octanol–water partition coefficient (Wildman–Crippen LogP) is 3.08. The van der Waals surface area contributed by atoms with Crippen LogP contribution in [0.5, 0.6) is 0 Å². The van der Waals surface area contributed by atoms with Crippen molar-refractivity contribution in [2.24, 2.45) is 4.99 Å². The molecule has 1 heterocycles. The molecule has 0 amide bonds. The van der Waals surface area contributed by atoms with Crippen LogP contribution < -0.4 is 10.6 Å². The molecule has 0 aliphatic heterocycles. The molecule has 22 heavy (non-hydrogen) atoms. The van der Waals surface area contributed by atoms with Gasteiger partial charge in [0.2, 0.25) is 0 Å². The molecule has 0 aliphatic carbocycles. The van der Waals surface area contributed by atoms with Gasteiger partial charge in [0.1, 0.15) is 6.10 Å². The normalized spacial score (nSPS) is 12.8. The molecule has 2 rings (SSSR count). The van der Waals surface area contributed by atoms with Crippen LogP contribution in [0.25, 0.3) is 10.1 Å². The monoisotopic (exact) mass is 437 g/mol. The minimum absolute atomic E-state index is 0. The third-order valence-corrected chi connectivity index (χ3v) is 4.28. The number of thiophene rings is 1. The fraction of sp³-hybridized carbons (Fsp3) is 0.400. The molecule has 0 bridgehead atoms. The Labute approximate surface area is 150 Å². The molecule has 0 aliphatic rings. The summed E-state index contributed by atoms with van der Waals surface area (Å²) in [6.45, 7) is 0.533. The number of nitrogens with one attached hydrogen (secondary N) is 2. The fourth-order valence-corrected chi connectivity index (χ4v) is 3.01. The molecule has 2 aromatic rings. The first-order valence-corrected chi connectivity index (χ1v) is 7.73. The lowest BCUT2D eigenvalue weighted by atomic mass is 10.2. The number of rotatable bonds is 6. The van der Waals surface area contributed by atoms with Crippen LogP contribution in [0.4, 0.5) is 4.39 Å². The van der Waals surface area contributed by atoms with Gasteiger partial charge in [0, 0.05) is 29.7 Å². The largest absolute Gasteiger partial charge is 0.386 e. The first-order chi connectivity index (χ1) is 10.2. The molecular weight excluding hydrogens is 416 g/mol. The SMILES string of the molecule is CN=C(NCCCF)NCC(O)c1cc2ccccc2s1.I. The highest BCUT2D eigenvalue weighted by Crippen LogP contribution is 2.29. The fourth-order valence-electron chi connectivity index (χ4n) is 1.95. The summed E-state index contributed by atoms with van der Waals surface area (Å²) in [7, 11) is 1.65. The predicted molar refractivity (Wildman–Crippen MR) is 102 cm³/mol. The van der Waals surface area contributed by atoms with Gasteiger partial charge in [-0.25, -0.2) is 0 Å². The summed E-state index contributed by atoms with van der Waals surface area (Å²) >= 11 is 1.59. The molecule has 0 saturated heterocycles. The number of hydrogen-bond donors (Lipinski definition) is 3. The molecule has 1 unspecified atom stereocenters. The van der Waals surface area contributed by atoms with Crippen molar-refractivity contribution in [1.82, 2.24) is 10.6 Å². The van der Waals surface area contributed by atoms with E-state index in [1.54, 1.807) is 18.4 Å². The lowest BCUT2D eigenvalue weighted by Crippen LogP contribution is -2.39. The molecule has 1 aromatic carbocycles. The zero-order chi connectivity index (χ0) is 15.1. The number of guanidine groups is 1. The Bertz CT molecular complexity index is 572. The van der Waals surface area contributed by atoms with Crippen molar-refractivity contribution in [3.8, 4) is 0 Å². The molecule has 1 aromatic heterocycles. The van der Waals surface area contributed by atoms with Gasteiger partial charge in [0.05, 0.1) is 6.67 Å². The number of aliphatic imine (C=N–C) groups is 1. The molecule has 7 heteroatoms. The van der Waals surface area contributed by atoms with E-state index in [0.717, 1.165) is 15.0 Å². The Morgan fingerprint density at radius 1 is 1.36 bits per heavy atom. The van der Waals surface area contributed by atoms with E-state index in [9.17, 15) is 9.50 Å². The van der Waals surface area contributed by atoms with Gasteiger partial charge < -0.3 is 15.7 Å². The van der Waals surface area contributed by atoms with Gasteiger partial charge in [-0.05, 0) is 23.9 Å². The maximum absolute atomic E-state index is 12.0. The topological polar surface area (TPSA) is 56.7 Å². The third-order valence-electron chi connectivity index (χ3n) is 3.06. The minimum atomic E-state index is -0.595. The third kappa shape index (κ3) is 5.36. The molecule has 3 N–H and O–H groups in total. The Morgan fingerprint density at radius 2 is 2.14 bits per heavy atom. The van der Waals surface area contributed by atoms with E-state index in [2.05, 4.69) is 15.6 Å². The second kappa shape index (κ2) is 9.96. The molecule has 0 spiro atoms. The summed E-state index contributed by atoms with van der Waals surface area (Å²) < 4.78 is 13.2. The number of aliphatic hydroxyl groups excluding tert-OH is 1. The van der Waals surface area contributed by atoms with Gasteiger partial charge in [-0.1, -0.05) is 18.2 Å². The van der Waals surface area contributed by atoms with Crippen molar-refractivity contribution < 1.29 is 9.50 Å². The lowest BCUT2D eigenvalue weighted by Gasteiger charge is -2.14. The standard InChI is InChI=1S/C15H20FN3OS.HI/c1-17-15(18-8-4-7-16)19-10-12(20)14-9-11-5-2-3-6-13(11)21-14;/h2-3,5-6,9,12,20H,4,7-8,10H2,1H3,(H2,17,18,19);1H. The van der Waals surface area contributed by atoms with Crippen molar-refractivity contribution >= 4 is 51.4 Å². The Balaban J connectivity index is 0.00000242. The van der Waals surface area contributed by atoms with Gasteiger partial charge in [-0.15, -0.1) is 35.3 Å². The molecule has 1 atom stereocenters. The number of benzene rings is 1. The molecule has 0 fully saturated rings. The average molecular weight is 437 g/mol. The molecule has 0 radical (unpaired) electrons. The maximum Gasteiger partial charge on any atom is 0.191 e. The zero-order valence-corrected chi connectivity index (χ0v) is 15.5. The quantitative estimate of drug-likeness (QED) is 0.282. The number of aliphatic hydroxyl groups is 1. The van der Waals surface area contributed by atoms with Gasteiger partial charge in [0.15, 0.2) is 5.96 Å². The van der Waals surface area contributed by atoms with Crippen LogP contribution >= 0.6 is 35.3 Å². The minimum Gasteiger partial charge on any atom is -0.386 e. The number of fused-ring (bicyclic) bond motifs is 1. The van der Waals surface area contributed by atoms with Gasteiger partial charge in [0.25, 0.3) is 0 Å². The van der Waals surface area contributed by atoms with Gasteiger partial charge in [-0.2, -0.15) is 0 Å². The Kier molecular flexibility index (Phi) is 8.66. The number of alkyl halides is 1. The van der Waals surface area contributed by atoms with Crippen molar-refractivity contribution in [3.63, 3.8) is 0 Å². The van der Waals surface area contributed by atoms with Gasteiger partial charge in [-0.3, -0.25) is 9.38 Å². The second-order valence-corrected chi connectivity index (χ2v) is 5.74. The first-order valence-electron chi connectivity index (χ1n) is 6.91. The summed E-state index contributed by atoms with van der Waals surface area (Å²) in [5.41, 5.74) is 0. The average Bonchev–Trinajstić information content (AvgIpc) is 2.94. The van der Waals surface area contributed by atoms with Crippen molar-refractivity contribution in [2.45, 2.75) is 12.5 Å². The smallest absolute Gasteiger partial charge is 0.191 e. The van der Waals surface area contributed by atoms with E-state index in [1.165, 1.54) is 0 Å². The van der Waals surface area contributed by atoms with Crippen molar-refractivity contribution in [3.05, 3.63) is 35.2 Å². The second-order valence-electron chi connectivity index (χ2n) is 4.62. The van der Waals surface area contributed by atoms with E-state index in [1.807, 2.05) is 30.3 Å². The summed E-state index contributed by atoms with van der Waals surface area (Å²) in [5, 5.41) is 17.4. The first kappa shape index (κ1) is 19.1. The van der Waals surface area contributed by atoms with Crippen molar-refractivity contribution in [1.29, 1.82) is 0 Å². The number of hydrogen-bond acceptors (Lipinski definition) is 3. The number of nitrogens with zero attached hydrogens (tertiary/aromatic N) is 1. The van der Waals surface area contributed by atoms with Crippen LogP contribution in [0.2, 0.25) is 0 Å². The van der Waals surface area contributed by atoms with Crippen LogP contribution in [0.1, 0.15) is 17.4 Å². The Morgan fingerprint density at radius 3 is 2.82 bits per heavy atom. The van der Waals surface area contributed by atoms with Crippen LogP contribution in [0.3, 0.4) is 0 Å². The van der Waals surface area contributed by atoms with E-state index in [4.69, 9.17) is 0 Å². The van der Waals surface area contributed by atoms with Crippen LogP contribution in [-0.4, -0.2) is 37.9 Å². The summed E-state index contributed by atoms with van der Waals surface area (Å²) in [4.78, 5) is 4.95.